The minimum atomic E-state index is -3.95. The first-order valence-electron chi connectivity index (χ1n) is 9.07. The van der Waals surface area contributed by atoms with Crippen molar-refractivity contribution in [3.8, 4) is 5.88 Å². The highest BCUT2D eigenvalue weighted by Gasteiger charge is 2.34. The van der Waals surface area contributed by atoms with Gasteiger partial charge in [-0.3, -0.25) is 10.1 Å². The lowest BCUT2D eigenvalue weighted by molar-refractivity contribution is -0.387. The molecule has 0 aliphatic carbocycles. The number of nitro benzene ring substituents is 1. The van der Waals surface area contributed by atoms with E-state index in [1.54, 1.807) is 6.20 Å². The number of aromatic nitrogens is 2. The Kier molecular flexibility index (Phi) is 5.12. The monoisotopic (exact) mass is 414 g/mol. The molecule has 0 atom stereocenters. The van der Waals surface area contributed by atoms with Gasteiger partial charge in [0.25, 0.3) is 5.69 Å². The molecular formula is C19H18N4O5S. The first-order valence-corrected chi connectivity index (χ1v) is 10.5. The van der Waals surface area contributed by atoms with Gasteiger partial charge in [-0.15, -0.1) is 0 Å². The van der Waals surface area contributed by atoms with Crippen LogP contribution in [0.3, 0.4) is 0 Å². The second-order valence-corrected chi connectivity index (χ2v) is 8.55. The van der Waals surface area contributed by atoms with Crippen LogP contribution in [0.15, 0.2) is 59.6 Å². The van der Waals surface area contributed by atoms with E-state index in [9.17, 15) is 18.5 Å². The average molecular weight is 414 g/mol. The van der Waals surface area contributed by atoms with Crippen LogP contribution in [0, 0.1) is 10.1 Å². The van der Waals surface area contributed by atoms with E-state index in [2.05, 4.69) is 9.97 Å². The van der Waals surface area contributed by atoms with Crippen LogP contribution in [0.25, 0.3) is 11.0 Å². The molecule has 9 nitrogen and oxygen atoms in total. The Morgan fingerprint density at radius 1 is 1.03 bits per heavy atom. The van der Waals surface area contributed by atoms with Gasteiger partial charge in [-0.05, 0) is 31.0 Å². The number of piperidine rings is 1. The summed E-state index contributed by atoms with van der Waals surface area (Å²) in [6.45, 7) is 0.417. The first-order chi connectivity index (χ1) is 13.9. The fraction of sp³-hybridized carbons (Fsp3) is 0.263. The van der Waals surface area contributed by atoms with Gasteiger partial charge in [0, 0.05) is 19.2 Å². The van der Waals surface area contributed by atoms with Crippen LogP contribution in [0.4, 0.5) is 5.69 Å². The zero-order valence-corrected chi connectivity index (χ0v) is 16.2. The molecule has 150 valence electrons. The topological polar surface area (TPSA) is 116 Å². The van der Waals surface area contributed by atoms with Crippen molar-refractivity contribution in [2.45, 2.75) is 23.8 Å². The van der Waals surface area contributed by atoms with Crippen molar-refractivity contribution in [2.75, 3.05) is 13.1 Å². The van der Waals surface area contributed by atoms with Crippen LogP contribution in [0.1, 0.15) is 12.8 Å². The third-order valence-electron chi connectivity index (χ3n) is 4.79. The van der Waals surface area contributed by atoms with E-state index in [1.165, 1.54) is 28.6 Å². The summed E-state index contributed by atoms with van der Waals surface area (Å²) in [5.41, 5.74) is 1.07. The molecule has 3 aromatic rings. The van der Waals surface area contributed by atoms with E-state index in [0.29, 0.717) is 18.7 Å². The van der Waals surface area contributed by atoms with Gasteiger partial charge in [-0.2, -0.15) is 4.31 Å². The molecule has 0 N–H and O–H groups in total. The van der Waals surface area contributed by atoms with Crippen molar-refractivity contribution in [1.82, 2.24) is 14.3 Å². The number of nitro groups is 1. The highest BCUT2D eigenvalue weighted by atomic mass is 32.2. The van der Waals surface area contributed by atoms with Crippen molar-refractivity contribution in [3.05, 3.63) is 64.8 Å². The maximum atomic E-state index is 12.9. The summed E-state index contributed by atoms with van der Waals surface area (Å²) in [7, 11) is -3.95. The molecule has 2 heterocycles. The molecule has 0 unspecified atom stereocenters. The fourth-order valence-corrected chi connectivity index (χ4v) is 4.95. The van der Waals surface area contributed by atoms with Gasteiger partial charge >= 0.3 is 0 Å². The minimum absolute atomic E-state index is 0.206. The van der Waals surface area contributed by atoms with Crippen LogP contribution < -0.4 is 4.74 Å². The largest absolute Gasteiger partial charge is 0.473 e. The molecule has 1 fully saturated rings. The molecule has 4 rings (SSSR count). The van der Waals surface area contributed by atoms with Crippen molar-refractivity contribution < 1.29 is 18.1 Å². The van der Waals surface area contributed by atoms with Crippen LogP contribution in [-0.4, -0.2) is 46.8 Å². The van der Waals surface area contributed by atoms with Gasteiger partial charge in [0.15, 0.2) is 4.90 Å². The second kappa shape index (κ2) is 7.72. The van der Waals surface area contributed by atoms with E-state index in [-0.39, 0.29) is 24.1 Å². The van der Waals surface area contributed by atoms with Crippen molar-refractivity contribution >= 4 is 26.7 Å². The predicted octanol–water partition coefficient (Wildman–Crippen LogP) is 2.77. The van der Waals surface area contributed by atoms with Crippen molar-refractivity contribution in [3.63, 3.8) is 0 Å². The Bertz CT molecular complexity index is 1160. The number of fused-ring (bicyclic) bond motifs is 1. The SMILES string of the molecule is O=[N+]([O-])c1ccccc1S(=O)(=O)N1CCC(Oc2cnc3ccccc3n2)CC1. The Morgan fingerprint density at radius 3 is 2.41 bits per heavy atom. The third kappa shape index (κ3) is 3.89. The standard InChI is InChI=1S/C19H18N4O5S/c24-23(25)17-7-3-4-8-18(17)29(26,27)22-11-9-14(10-12-22)28-19-13-20-15-5-1-2-6-16(15)21-19/h1-8,13-14H,9-12H2. The van der Waals surface area contributed by atoms with E-state index in [1.807, 2.05) is 24.3 Å². The van der Waals surface area contributed by atoms with Crippen LogP contribution in [0.2, 0.25) is 0 Å². The van der Waals surface area contributed by atoms with Gasteiger partial charge in [0.2, 0.25) is 15.9 Å². The number of para-hydroxylation sites is 3. The Labute approximate surface area is 167 Å². The summed E-state index contributed by atoms with van der Waals surface area (Å²) >= 11 is 0. The Morgan fingerprint density at radius 2 is 1.69 bits per heavy atom. The number of hydrogen-bond acceptors (Lipinski definition) is 7. The number of sulfonamides is 1. The summed E-state index contributed by atoms with van der Waals surface area (Å²) < 4.78 is 32.9. The molecule has 1 aromatic heterocycles. The predicted molar refractivity (Wildman–Crippen MR) is 105 cm³/mol. The molecule has 2 aromatic carbocycles. The number of hydrogen-bond donors (Lipinski definition) is 0. The molecule has 0 radical (unpaired) electrons. The first kappa shape index (κ1) is 19.2. The molecule has 0 bridgehead atoms. The van der Waals surface area contributed by atoms with E-state index in [4.69, 9.17) is 4.74 Å². The molecule has 10 heteroatoms. The number of rotatable bonds is 5. The third-order valence-corrected chi connectivity index (χ3v) is 6.74. The Balaban J connectivity index is 1.45. The highest BCUT2D eigenvalue weighted by molar-refractivity contribution is 7.89. The smallest absolute Gasteiger partial charge is 0.289 e. The van der Waals surface area contributed by atoms with Gasteiger partial charge in [-0.1, -0.05) is 24.3 Å². The molecule has 0 saturated carbocycles. The molecule has 29 heavy (non-hydrogen) atoms. The number of nitrogens with zero attached hydrogens (tertiary/aromatic N) is 4. The molecule has 1 saturated heterocycles. The van der Waals surface area contributed by atoms with E-state index >= 15 is 0 Å². The minimum Gasteiger partial charge on any atom is -0.473 e. The normalized spacial score (nSPS) is 16.0. The number of benzene rings is 2. The van der Waals surface area contributed by atoms with Gasteiger partial charge in [0.1, 0.15) is 6.10 Å². The van der Waals surface area contributed by atoms with E-state index in [0.717, 1.165) is 11.0 Å². The highest BCUT2D eigenvalue weighted by Crippen LogP contribution is 2.29. The molecular weight excluding hydrogens is 396 g/mol. The van der Waals surface area contributed by atoms with Crippen molar-refractivity contribution in [1.29, 1.82) is 0 Å². The van der Waals surface area contributed by atoms with Crippen molar-refractivity contribution in [2.24, 2.45) is 0 Å². The molecule has 0 spiro atoms. The van der Waals surface area contributed by atoms with Crippen LogP contribution in [0.5, 0.6) is 5.88 Å². The van der Waals surface area contributed by atoms with Crippen LogP contribution >= 0.6 is 0 Å². The average Bonchev–Trinajstić information content (AvgIpc) is 2.74. The van der Waals surface area contributed by atoms with Gasteiger partial charge < -0.3 is 4.74 Å². The summed E-state index contributed by atoms with van der Waals surface area (Å²) in [5.74, 6) is 0.392. The fourth-order valence-electron chi connectivity index (χ4n) is 3.32. The second-order valence-electron chi connectivity index (χ2n) is 6.64. The maximum Gasteiger partial charge on any atom is 0.289 e. The summed E-state index contributed by atoms with van der Waals surface area (Å²) in [5, 5.41) is 11.2. The van der Waals surface area contributed by atoms with Gasteiger partial charge in [0.05, 0.1) is 22.2 Å². The van der Waals surface area contributed by atoms with E-state index < -0.39 is 20.6 Å². The maximum absolute atomic E-state index is 12.9. The zero-order chi connectivity index (χ0) is 20.4. The lowest BCUT2D eigenvalue weighted by Gasteiger charge is -2.31. The van der Waals surface area contributed by atoms with Crippen LogP contribution in [-0.2, 0) is 10.0 Å². The molecule has 0 amide bonds. The summed E-state index contributed by atoms with van der Waals surface area (Å²) in [6.07, 6.45) is 2.25. The zero-order valence-electron chi connectivity index (χ0n) is 15.3. The molecule has 1 aliphatic rings. The molecule has 1 aliphatic heterocycles. The quantitative estimate of drug-likeness (QED) is 0.465. The Hall–Kier alpha value is -3.11. The number of ether oxygens (including phenoxy) is 1. The summed E-state index contributed by atoms with van der Waals surface area (Å²) in [4.78, 5) is 19.0. The lowest BCUT2D eigenvalue weighted by atomic mass is 10.1. The lowest BCUT2D eigenvalue weighted by Crippen LogP contribution is -2.41. The summed E-state index contributed by atoms with van der Waals surface area (Å²) in [6, 6.07) is 12.8. The van der Waals surface area contributed by atoms with Gasteiger partial charge in [-0.25, -0.2) is 18.4 Å².